The van der Waals surface area contributed by atoms with Gasteiger partial charge in [-0.3, -0.25) is 9.48 Å². The van der Waals surface area contributed by atoms with E-state index < -0.39 is 0 Å². The van der Waals surface area contributed by atoms with Gasteiger partial charge in [0, 0.05) is 13.2 Å². The maximum Gasteiger partial charge on any atom is 0.257 e. The predicted octanol–water partition coefficient (Wildman–Crippen LogP) is 2.65. The van der Waals surface area contributed by atoms with Crippen molar-refractivity contribution in [2.45, 2.75) is 13.3 Å². The summed E-state index contributed by atoms with van der Waals surface area (Å²) in [6.45, 7) is 2.03. The first kappa shape index (κ1) is 13.8. The van der Waals surface area contributed by atoms with E-state index >= 15 is 0 Å². The molecular weight excluding hydrogens is 334 g/mol. The molecule has 0 spiro atoms. The lowest BCUT2D eigenvalue weighted by Gasteiger charge is -2.06. The third-order valence-corrected chi connectivity index (χ3v) is 3.99. The molecule has 21 heavy (non-hydrogen) atoms. The number of nitrogens with zero attached hydrogens (tertiary/aromatic N) is 4. The number of halogens is 1. The molecule has 1 N–H and O–H groups in total. The average Bonchev–Trinajstić information content (AvgIpc) is 3.02. The van der Waals surface area contributed by atoms with Gasteiger partial charge in [-0.1, -0.05) is 6.92 Å². The summed E-state index contributed by atoms with van der Waals surface area (Å²) in [7, 11) is 1.86. The second-order valence-corrected chi connectivity index (χ2v) is 5.53. The van der Waals surface area contributed by atoms with E-state index in [0.717, 1.165) is 27.8 Å². The Hall–Kier alpha value is -2.15. The number of rotatable bonds is 3. The van der Waals surface area contributed by atoms with E-state index in [1.807, 2.05) is 20.0 Å². The maximum absolute atomic E-state index is 12.3. The summed E-state index contributed by atoms with van der Waals surface area (Å²) in [5.41, 5.74) is 3.20. The summed E-state index contributed by atoms with van der Waals surface area (Å²) in [4.78, 5) is 12.3. The number of anilines is 1. The van der Waals surface area contributed by atoms with Crippen molar-refractivity contribution in [3.63, 3.8) is 0 Å². The van der Waals surface area contributed by atoms with Crippen LogP contribution in [0.1, 0.15) is 23.0 Å². The Labute approximate surface area is 129 Å². The van der Waals surface area contributed by atoms with Crippen molar-refractivity contribution in [2.24, 2.45) is 7.05 Å². The lowest BCUT2D eigenvalue weighted by atomic mass is 10.2. The number of hydrogen-bond donors (Lipinski definition) is 1. The highest BCUT2D eigenvalue weighted by Gasteiger charge is 2.13. The second-order valence-electron chi connectivity index (χ2n) is 4.68. The highest BCUT2D eigenvalue weighted by atomic mass is 79.9. The summed E-state index contributed by atoms with van der Waals surface area (Å²) in [6.07, 6.45) is 5.88. The van der Waals surface area contributed by atoms with Gasteiger partial charge in [-0.25, -0.2) is 4.52 Å². The van der Waals surface area contributed by atoms with Gasteiger partial charge >= 0.3 is 0 Å². The lowest BCUT2D eigenvalue weighted by Crippen LogP contribution is -2.14. The summed E-state index contributed by atoms with van der Waals surface area (Å²) in [5, 5.41) is 11.2. The zero-order chi connectivity index (χ0) is 15.0. The molecule has 0 saturated carbocycles. The smallest absolute Gasteiger partial charge is 0.257 e. The molecule has 3 rings (SSSR count). The Morgan fingerprint density at radius 3 is 2.90 bits per heavy atom. The zero-order valence-electron chi connectivity index (χ0n) is 11.7. The maximum atomic E-state index is 12.3. The van der Waals surface area contributed by atoms with Crippen LogP contribution in [0.15, 0.2) is 35.2 Å². The molecule has 0 atom stereocenters. The minimum absolute atomic E-state index is 0.175. The summed E-state index contributed by atoms with van der Waals surface area (Å²) < 4.78 is 4.34. The van der Waals surface area contributed by atoms with Crippen LogP contribution in [0.25, 0.3) is 5.52 Å². The summed E-state index contributed by atoms with van der Waals surface area (Å²) >= 11 is 3.41. The predicted molar refractivity (Wildman–Crippen MR) is 83.4 cm³/mol. The highest BCUT2D eigenvalue weighted by molar-refractivity contribution is 9.10. The summed E-state index contributed by atoms with van der Waals surface area (Å²) in [6, 6.07) is 3.63. The van der Waals surface area contributed by atoms with E-state index in [9.17, 15) is 4.79 Å². The van der Waals surface area contributed by atoms with Crippen LogP contribution >= 0.6 is 15.9 Å². The Morgan fingerprint density at radius 2 is 2.14 bits per heavy atom. The molecule has 3 aromatic rings. The van der Waals surface area contributed by atoms with Crippen molar-refractivity contribution >= 4 is 33.0 Å². The minimum Gasteiger partial charge on any atom is -0.319 e. The van der Waals surface area contributed by atoms with Gasteiger partial charge in [-0.15, -0.1) is 0 Å². The number of aryl methyl sites for hydroxylation is 1. The SMILES string of the molecule is CCc1c(NC(=O)c2ccc3c(Br)cnn3c2)cnn1C. The van der Waals surface area contributed by atoms with Gasteiger partial charge in [0.25, 0.3) is 5.91 Å². The van der Waals surface area contributed by atoms with Crippen molar-refractivity contribution in [3.05, 3.63) is 46.5 Å². The van der Waals surface area contributed by atoms with E-state index in [0.29, 0.717) is 5.56 Å². The van der Waals surface area contributed by atoms with Crippen LogP contribution in [0.4, 0.5) is 5.69 Å². The molecule has 0 unspecified atom stereocenters. The molecule has 0 aromatic carbocycles. The van der Waals surface area contributed by atoms with E-state index in [1.165, 1.54) is 0 Å². The van der Waals surface area contributed by atoms with Crippen LogP contribution in [0.3, 0.4) is 0 Å². The third kappa shape index (κ3) is 2.44. The molecule has 3 heterocycles. The molecule has 0 aliphatic heterocycles. The Balaban J connectivity index is 1.89. The lowest BCUT2D eigenvalue weighted by molar-refractivity contribution is 0.102. The standard InChI is InChI=1S/C14H14BrN5O/c1-3-12-11(7-16-19(12)2)18-14(21)9-4-5-13-10(15)6-17-20(13)8-9/h4-8H,3H2,1-2H3,(H,18,21). The van der Waals surface area contributed by atoms with Gasteiger partial charge in [0.15, 0.2) is 0 Å². The number of pyridine rings is 1. The molecular formula is C14H14BrN5O. The molecule has 0 radical (unpaired) electrons. The number of fused-ring (bicyclic) bond motifs is 1. The second kappa shape index (κ2) is 5.33. The first-order valence-corrected chi connectivity index (χ1v) is 7.34. The molecule has 0 fully saturated rings. The fraction of sp³-hybridized carbons (Fsp3) is 0.214. The molecule has 108 valence electrons. The minimum atomic E-state index is -0.175. The number of hydrogen-bond acceptors (Lipinski definition) is 3. The Bertz CT molecular complexity index is 820. The number of nitrogens with one attached hydrogen (secondary N) is 1. The molecule has 0 aliphatic rings. The number of amides is 1. The van der Waals surface area contributed by atoms with Crippen LogP contribution in [0.2, 0.25) is 0 Å². The van der Waals surface area contributed by atoms with Gasteiger partial charge in [0.1, 0.15) is 0 Å². The van der Waals surface area contributed by atoms with Crippen LogP contribution in [0.5, 0.6) is 0 Å². The topological polar surface area (TPSA) is 64.2 Å². The molecule has 6 nitrogen and oxygen atoms in total. The third-order valence-electron chi connectivity index (χ3n) is 3.38. The monoisotopic (exact) mass is 347 g/mol. The quantitative estimate of drug-likeness (QED) is 0.792. The number of aromatic nitrogens is 4. The van der Waals surface area contributed by atoms with E-state index in [4.69, 9.17) is 0 Å². The van der Waals surface area contributed by atoms with E-state index in [1.54, 1.807) is 33.9 Å². The van der Waals surface area contributed by atoms with Gasteiger partial charge in [0.05, 0.1) is 39.3 Å². The first-order valence-electron chi connectivity index (χ1n) is 6.55. The van der Waals surface area contributed by atoms with Gasteiger partial charge in [-0.05, 0) is 34.5 Å². The molecule has 0 aliphatic carbocycles. The first-order chi connectivity index (χ1) is 10.1. The van der Waals surface area contributed by atoms with E-state index in [2.05, 4.69) is 31.4 Å². The number of carbonyl (C=O) groups is 1. The average molecular weight is 348 g/mol. The van der Waals surface area contributed by atoms with Crippen molar-refractivity contribution in [1.82, 2.24) is 19.4 Å². The van der Waals surface area contributed by atoms with Crippen LogP contribution in [0, 0.1) is 0 Å². The van der Waals surface area contributed by atoms with Crippen molar-refractivity contribution in [1.29, 1.82) is 0 Å². The highest BCUT2D eigenvalue weighted by Crippen LogP contribution is 2.19. The Morgan fingerprint density at radius 1 is 1.33 bits per heavy atom. The van der Waals surface area contributed by atoms with Gasteiger partial charge in [-0.2, -0.15) is 10.2 Å². The summed E-state index contributed by atoms with van der Waals surface area (Å²) in [5.74, 6) is -0.175. The normalized spacial score (nSPS) is 11.0. The van der Waals surface area contributed by atoms with Gasteiger partial charge < -0.3 is 5.32 Å². The van der Waals surface area contributed by atoms with Crippen molar-refractivity contribution < 1.29 is 4.79 Å². The molecule has 0 saturated heterocycles. The van der Waals surface area contributed by atoms with Crippen LogP contribution < -0.4 is 5.32 Å². The molecule has 1 amide bonds. The largest absolute Gasteiger partial charge is 0.319 e. The fourth-order valence-corrected chi connectivity index (χ4v) is 2.67. The Kier molecular flexibility index (Phi) is 3.50. The van der Waals surface area contributed by atoms with Gasteiger partial charge in [0.2, 0.25) is 0 Å². The number of carbonyl (C=O) groups excluding carboxylic acids is 1. The van der Waals surface area contributed by atoms with Crippen LogP contribution in [-0.4, -0.2) is 25.3 Å². The molecule has 7 heteroatoms. The zero-order valence-corrected chi connectivity index (χ0v) is 13.3. The molecule has 3 aromatic heterocycles. The van der Waals surface area contributed by atoms with Crippen LogP contribution in [-0.2, 0) is 13.5 Å². The van der Waals surface area contributed by atoms with Crippen molar-refractivity contribution in [2.75, 3.05) is 5.32 Å². The van der Waals surface area contributed by atoms with E-state index in [-0.39, 0.29) is 5.91 Å². The molecule has 0 bridgehead atoms. The fourth-order valence-electron chi connectivity index (χ4n) is 2.27. The van der Waals surface area contributed by atoms with Crippen molar-refractivity contribution in [3.8, 4) is 0 Å².